The lowest BCUT2D eigenvalue weighted by Gasteiger charge is -2.27. The van der Waals surface area contributed by atoms with Gasteiger partial charge in [-0.25, -0.2) is 0 Å². The zero-order valence-corrected chi connectivity index (χ0v) is 6.38. The number of Topliss-reactive ketones (excluding diaryl/α,β-unsaturated/α-hetero) is 1. The maximum atomic E-state index is 11.2. The number of carbonyl (C=O) groups is 2. The van der Waals surface area contributed by atoms with Gasteiger partial charge in [-0.1, -0.05) is 0 Å². The molecular formula is C8H11NO2. The second-order valence-corrected chi connectivity index (χ2v) is 3.24. The molecule has 0 N–H and O–H groups in total. The number of amides is 1. The molecule has 2 fully saturated rings. The zero-order chi connectivity index (χ0) is 7.84. The molecule has 0 aromatic heterocycles. The van der Waals surface area contributed by atoms with Gasteiger partial charge in [0.2, 0.25) is 5.91 Å². The van der Waals surface area contributed by atoms with E-state index in [9.17, 15) is 9.59 Å². The van der Waals surface area contributed by atoms with Crippen molar-refractivity contribution in [2.24, 2.45) is 0 Å². The van der Waals surface area contributed by atoms with Crippen LogP contribution < -0.4 is 0 Å². The van der Waals surface area contributed by atoms with Crippen LogP contribution in [0.3, 0.4) is 0 Å². The summed E-state index contributed by atoms with van der Waals surface area (Å²) in [7, 11) is 0. The van der Waals surface area contributed by atoms with Crippen molar-refractivity contribution in [2.75, 3.05) is 6.54 Å². The minimum Gasteiger partial charge on any atom is -0.332 e. The second kappa shape index (κ2) is 2.32. The van der Waals surface area contributed by atoms with Gasteiger partial charge in [-0.05, 0) is 19.3 Å². The number of carbonyl (C=O) groups excluding carboxylic acids is 2. The first kappa shape index (κ1) is 6.83. The standard InChI is InChI=1S/C8H11NO2/c10-7-5-8(11)9-4-2-1-3-6(7)9/h6H,1-5H2/t6-/m1/s1. The van der Waals surface area contributed by atoms with Crippen LogP contribution in [0, 0.1) is 0 Å². The third kappa shape index (κ3) is 0.951. The van der Waals surface area contributed by atoms with E-state index in [1.165, 1.54) is 0 Å². The van der Waals surface area contributed by atoms with Crippen LogP contribution in [0.4, 0.5) is 0 Å². The van der Waals surface area contributed by atoms with Crippen molar-refractivity contribution < 1.29 is 9.59 Å². The quantitative estimate of drug-likeness (QED) is 0.470. The van der Waals surface area contributed by atoms with Gasteiger partial charge in [0.1, 0.15) is 0 Å². The van der Waals surface area contributed by atoms with E-state index in [0.717, 1.165) is 25.8 Å². The average molecular weight is 153 g/mol. The molecule has 2 aliphatic heterocycles. The summed E-state index contributed by atoms with van der Waals surface area (Å²) in [5, 5.41) is 0. The molecule has 1 amide bonds. The molecule has 1 atom stereocenters. The predicted octanol–water partition coefficient (Wildman–Crippen LogP) is 0.340. The van der Waals surface area contributed by atoms with Crippen molar-refractivity contribution in [3.05, 3.63) is 0 Å². The third-order valence-electron chi connectivity index (χ3n) is 2.52. The minimum absolute atomic E-state index is 0.0414. The van der Waals surface area contributed by atoms with Crippen LogP contribution in [0.1, 0.15) is 25.7 Å². The molecule has 0 saturated carbocycles. The molecule has 0 spiro atoms. The van der Waals surface area contributed by atoms with Gasteiger partial charge >= 0.3 is 0 Å². The van der Waals surface area contributed by atoms with E-state index in [1.807, 2.05) is 0 Å². The Morgan fingerprint density at radius 2 is 2.09 bits per heavy atom. The highest BCUT2D eigenvalue weighted by Gasteiger charge is 2.39. The fraction of sp³-hybridized carbons (Fsp3) is 0.750. The van der Waals surface area contributed by atoms with Gasteiger partial charge in [-0.3, -0.25) is 9.59 Å². The van der Waals surface area contributed by atoms with Crippen LogP contribution in [0.2, 0.25) is 0 Å². The lowest BCUT2D eigenvalue weighted by Crippen LogP contribution is -2.39. The molecule has 3 heteroatoms. The molecule has 0 aliphatic carbocycles. The number of hydrogen-bond donors (Lipinski definition) is 0. The molecule has 0 aromatic rings. The fourth-order valence-corrected chi connectivity index (χ4v) is 1.93. The molecule has 60 valence electrons. The minimum atomic E-state index is -0.0451. The van der Waals surface area contributed by atoms with E-state index in [0.29, 0.717) is 0 Å². The first-order valence-corrected chi connectivity index (χ1v) is 4.11. The summed E-state index contributed by atoms with van der Waals surface area (Å²) in [4.78, 5) is 24.0. The van der Waals surface area contributed by atoms with Crippen molar-refractivity contribution in [1.29, 1.82) is 0 Å². The van der Waals surface area contributed by atoms with Gasteiger partial charge < -0.3 is 4.90 Å². The summed E-state index contributed by atoms with van der Waals surface area (Å²) in [6.07, 6.45) is 3.21. The SMILES string of the molecule is O=C1CC(=O)N2CCCC[C@H]12. The molecule has 3 nitrogen and oxygen atoms in total. The fourth-order valence-electron chi connectivity index (χ4n) is 1.93. The number of nitrogens with zero attached hydrogens (tertiary/aromatic N) is 1. The predicted molar refractivity (Wildman–Crippen MR) is 39.0 cm³/mol. The summed E-state index contributed by atoms with van der Waals surface area (Å²) in [6.45, 7) is 0.801. The summed E-state index contributed by atoms with van der Waals surface area (Å²) in [6, 6.07) is -0.0451. The second-order valence-electron chi connectivity index (χ2n) is 3.24. The van der Waals surface area contributed by atoms with E-state index in [4.69, 9.17) is 0 Å². The Morgan fingerprint density at radius 3 is 2.82 bits per heavy atom. The average Bonchev–Trinajstić information content (AvgIpc) is 2.30. The monoisotopic (exact) mass is 153 g/mol. The molecule has 2 saturated heterocycles. The Balaban J connectivity index is 2.19. The van der Waals surface area contributed by atoms with Gasteiger partial charge in [0.05, 0.1) is 12.5 Å². The van der Waals surface area contributed by atoms with E-state index >= 15 is 0 Å². The Labute approximate surface area is 65.4 Å². The highest BCUT2D eigenvalue weighted by Crippen LogP contribution is 2.24. The summed E-state index contributed by atoms with van der Waals surface area (Å²) in [5.74, 6) is 0.175. The van der Waals surface area contributed by atoms with Crippen molar-refractivity contribution >= 4 is 11.7 Å². The Bertz CT molecular complexity index is 190. The van der Waals surface area contributed by atoms with Crippen LogP contribution in [0.15, 0.2) is 0 Å². The normalized spacial score (nSPS) is 30.9. The van der Waals surface area contributed by atoms with Crippen molar-refractivity contribution in [3.8, 4) is 0 Å². The van der Waals surface area contributed by atoms with Crippen molar-refractivity contribution in [2.45, 2.75) is 31.7 Å². The molecule has 11 heavy (non-hydrogen) atoms. The third-order valence-corrected chi connectivity index (χ3v) is 2.52. The maximum absolute atomic E-state index is 11.2. The molecular weight excluding hydrogens is 142 g/mol. The van der Waals surface area contributed by atoms with Gasteiger partial charge in [0.25, 0.3) is 0 Å². The van der Waals surface area contributed by atoms with Gasteiger partial charge in [0, 0.05) is 6.54 Å². The van der Waals surface area contributed by atoms with Crippen LogP contribution >= 0.6 is 0 Å². The topological polar surface area (TPSA) is 37.4 Å². The summed E-state index contributed by atoms with van der Waals surface area (Å²) >= 11 is 0. The van der Waals surface area contributed by atoms with Gasteiger partial charge in [-0.2, -0.15) is 0 Å². The van der Waals surface area contributed by atoms with Crippen LogP contribution in [-0.4, -0.2) is 29.2 Å². The summed E-state index contributed by atoms with van der Waals surface area (Å²) < 4.78 is 0. The van der Waals surface area contributed by atoms with Crippen molar-refractivity contribution in [1.82, 2.24) is 4.90 Å². The van der Waals surface area contributed by atoms with Gasteiger partial charge in [0.15, 0.2) is 5.78 Å². The van der Waals surface area contributed by atoms with E-state index < -0.39 is 0 Å². The Hall–Kier alpha value is -0.860. The first-order valence-electron chi connectivity index (χ1n) is 4.11. The lowest BCUT2D eigenvalue weighted by molar-refractivity contribution is -0.129. The largest absolute Gasteiger partial charge is 0.332 e. The molecule has 2 aliphatic rings. The maximum Gasteiger partial charge on any atom is 0.230 e. The van der Waals surface area contributed by atoms with E-state index in [1.54, 1.807) is 4.90 Å². The lowest BCUT2D eigenvalue weighted by atomic mass is 10.0. The number of piperidine rings is 1. The molecule has 0 unspecified atom stereocenters. The molecule has 0 bridgehead atoms. The number of rotatable bonds is 0. The van der Waals surface area contributed by atoms with Crippen LogP contribution in [0.5, 0.6) is 0 Å². The van der Waals surface area contributed by atoms with Gasteiger partial charge in [-0.15, -0.1) is 0 Å². The number of fused-ring (bicyclic) bond motifs is 1. The molecule has 0 aromatic carbocycles. The smallest absolute Gasteiger partial charge is 0.230 e. The number of ketones is 1. The van der Waals surface area contributed by atoms with Crippen molar-refractivity contribution in [3.63, 3.8) is 0 Å². The molecule has 2 rings (SSSR count). The van der Waals surface area contributed by atoms with Crippen LogP contribution in [0.25, 0.3) is 0 Å². The van der Waals surface area contributed by atoms with E-state index in [2.05, 4.69) is 0 Å². The molecule has 2 heterocycles. The Kier molecular flexibility index (Phi) is 1.44. The zero-order valence-electron chi connectivity index (χ0n) is 6.38. The number of hydrogen-bond acceptors (Lipinski definition) is 2. The molecule has 0 radical (unpaired) electrons. The van der Waals surface area contributed by atoms with Crippen LogP contribution in [-0.2, 0) is 9.59 Å². The highest BCUT2D eigenvalue weighted by atomic mass is 16.2. The Morgan fingerprint density at radius 1 is 1.27 bits per heavy atom. The summed E-state index contributed by atoms with van der Waals surface area (Å²) in [5.41, 5.74) is 0. The van der Waals surface area contributed by atoms with E-state index in [-0.39, 0.29) is 24.2 Å². The first-order chi connectivity index (χ1) is 5.29. The highest BCUT2D eigenvalue weighted by molar-refractivity contribution is 6.07.